The molecule has 1 aromatic carbocycles. The van der Waals surface area contributed by atoms with Gasteiger partial charge in [-0.15, -0.1) is 0 Å². The minimum absolute atomic E-state index is 0.0237. The third kappa shape index (κ3) is 5.27. The molecule has 0 bridgehead atoms. The Morgan fingerprint density at radius 1 is 1.19 bits per heavy atom. The molecule has 0 spiro atoms. The van der Waals surface area contributed by atoms with Crippen LogP contribution in [0.2, 0.25) is 0 Å². The van der Waals surface area contributed by atoms with Gasteiger partial charge in [-0.25, -0.2) is 9.59 Å². The number of carbonyl (C=O) groups is 2. The van der Waals surface area contributed by atoms with Crippen LogP contribution in [0.3, 0.4) is 0 Å². The fourth-order valence-electron chi connectivity index (χ4n) is 1.70. The molecule has 114 valence electrons. The van der Waals surface area contributed by atoms with Gasteiger partial charge in [0.2, 0.25) is 0 Å². The van der Waals surface area contributed by atoms with Crippen LogP contribution in [0.1, 0.15) is 5.56 Å². The van der Waals surface area contributed by atoms with Crippen molar-refractivity contribution in [3.63, 3.8) is 0 Å². The van der Waals surface area contributed by atoms with Crippen molar-refractivity contribution >= 4 is 17.6 Å². The lowest BCUT2D eigenvalue weighted by atomic mass is 10.1. The summed E-state index contributed by atoms with van der Waals surface area (Å²) in [5.74, 6) is -1.27. The first-order valence-electron chi connectivity index (χ1n) is 6.35. The summed E-state index contributed by atoms with van der Waals surface area (Å²) in [5.41, 5.74) is 1.74. The quantitative estimate of drug-likeness (QED) is 0.631. The number of para-hydroxylation sites is 1. The van der Waals surface area contributed by atoms with E-state index in [1.165, 1.54) is 14.2 Å². The summed E-state index contributed by atoms with van der Waals surface area (Å²) in [4.78, 5) is 25.1. The van der Waals surface area contributed by atoms with E-state index in [2.05, 4.69) is 14.8 Å². The van der Waals surface area contributed by atoms with E-state index in [4.69, 9.17) is 0 Å². The Morgan fingerprint density at radius 2 is 1.86 bits per heavy atom. The predicted molar refractivity (Wildman–Crippen MR) is 79.6 cm³/mol. The Bertz CT molecular complexity index is 538. The summed E-state index contributed by atoms with van der Waals surface area (Å²) >= 11 is 0. The van der Waals surface area contributed by atoms with Crippen LogP contribution in [0.25, 0.3) is 0 Å². The summed E-state index contributed by atoms with van der Waals surface area (Å²) in [6.07, 6.45) is 1.07. The Hall–Kier alpha value is -2.34. The number of hydrogen-bond donors (Lipinski definition) is 1. The molecule has 21 heavy (non-hydrogen) atoms. The molecule has 0 saturated heterocycles. The maximum Gasteiger partial charge on any atom is 0.354 e. The summed E-state index contributed by atoms with van der Waals surface area (Å²) in [5, 5.41) is 2.93. The second-order valence-electron chi connectivity index (χ2n) is 4.59. The van der Waals surface area contributed by atoms with Crippen molar-refractivity contribution in [2.75, 3.05) is 33.6 Å². The Morgan fingerprint density at radius 3 is 2.43 bits per heavy atom. The lowest BCUT2D eigenvalue weighted by Crippen LogP contribution is -2.18. The molecule has 1 N–H and O–H groups in total. The lowest BCUT2D eigenvalue weighted by Gasteiger charge is -2.16. The van der Waals surface area contributed by atoms with Gasteiger partial charge in [0.25, 0.3) is 0 Å². The third-order valence-electron chi connectivity index (χ3n) is 2.64. The monoisotopic (exact) mass is 292 g/mol. The van der Waals surface area contributed by atoms with Crippen LogP contribution < -0.4 is 5.32 Å². The molecule has 0 radical (unpaired) electrons. The highest BCUT2D eigenvalue weighted by Gasteiger charge is 2.14. The van der Waals surface area contributed by atoms with Gasteiger partial charge in [0.15, 0.2) is 0 Å². The topological polar surface area (TPSA) is 67.9 Å². The molecule has 0 aliphatic carbocycles. The summed E-state index contributed by atoms with van der Waals surface area (Å²) < 4.78 is 9.20. The van der Waals surface area contributed by atoms with Gasteiger partial charge in [0.05, 0.1) is 20.3 Å². The van der Waals surface area contributed by atoms with E-state index in [0.29, 0.717) is 6.54 Å². The van der Waals surface area contributed by atoms with Crippen molar-refractivity contribution in [1.82, 2.24) is 4.90 Å². The standard InChI is InChI=1S/C15H20N2O4/c1-17(2)10-11-7-5-6-8-12(11)16-13(15(19)21-4)9-14(18)20-3/h5-9,16H,10H2,1-4H3/b13-9+. The highest BCUT2D eigenvalue weighted by Crippen LogP contribution is 2.18. The van der Waals surface area contributed by atoms with Crippen LogP contribution >= 0.6 is 0 Å². The van der Waals surface area contributed by atoms with Gasteiger partial charge in [-0.1, -0.05) is 18.2 Å². The van der Waals surface area contributed by atoms with Crippen LogP contribution in [0.5, 0.6) is 0 Å². The molecule has 0 aliphatic heterocycles. The molecule has 1 rings (SSSR count). The highest BCUT2D eigenvalue weighted by atomic mass is 16.5. The SMILES string of the molecule is COC(=O)/C=C(/Nc1ccccc1CN(C)C)C(=O)OC. The predicted octanol–water partition coefficient (Wildman–Crippen LogP) is 1.39. The molecule has 0 heterocycles. The maximum absolute atomic E-state index is 11.7. The zero-order valence-corrected chi connectivity index (χ0v) is 12.7. The molecular formula is C15H20N2O4. The van der Waals surface area contributed by atoms with Crippen molar-refractivity contribution in [3.8, 4) is 0 Å². The Labute approximate surface area is 124 Å². The van der Waals surface area contributed by atoms with Crippen LogP contribution in [0.4, 0.5) is 5.69 Å². The minimum Gasteiger partial charge on any atom is -0.466 e. The van der Waals surface area contributed by atoms with E-state index < -0.39 is 11.9 Å². The molecule has 0 unspecified atom stereocenters. The summed E-state index contributed by atoms with van der Waals surface area (Å²) in [7, 11) is 6.39. The first kappa shape index (κ1) is 16.7. The number of esters is 2. The number of hydrogen-bond acceptors (Lipinski definition) is 6. The molecule has 6 nitrogen and oxygen atoms in total. The van der Waals surface area contributed by atoms with Gasteiger partial charge in [-0.05, 0) is 25.7 Å². The van der Waals surface area contributed by atoms with Crippen LogP contribution in [0, 0.1) is 0 Å². The van der Waals surface area contributed by atoms with E-state index in [1.54, 1.807) is 0 Å². The largest absolute Gasteiger partial charge is 0.466 e. The van der Waals surface area contributed by atoms with Crippen molar-refractivity contribution in [1.29, 1.82) is 0 Å². The van der Waals surface area contributed by atoms with Crippen molar-refractivity contribution in [2.24, 2.45) is 0 Å². The average molecular weight is 292 g/mol. The molecule has 1 aromatic rings. The molecule has 0 atom stereocenters. The first-order valence-corrected chi connectivity index (χ1v) is 6.35. The second-order valence-corrected chi connectivity index (χ2v) is 4.59. The zero-order chi connectivity index (χ0) is 15.8. The number of nitrogens with one attached hydrogen (secondary N) is 1. The van der Waals surface area contributed by atoms with E-state index in [-0.39, 0.29) is 5.70 Å². The molecule has 6 heteroatoms. The van der Waals surface area contributed by atoms with Crippen molar-refractivity contribution in [3.05, 3.63) is 41.6 Å². The van der Waals surface area contributed by atoms with Crippen LogP contribution in [-0.4, -0.2) is 45.2 Å². The fraction of sp³-hybridized carbons (Fsp3) is 0.333. The van der Waals surface area contributed by atoms with E-state index >= 15 is 0 Å². The normalized spacial score (nSPS) is 11.2. The second kappa shape index (κ2) is 8.06. The maximum atomic E-state index is 11.7. The van der Waals surface area contributed by atoms with Gasteiger partial charge >= 0.3 is 11.9 Å². The molecule has 0 aliphatic rings. The van der Waals surface area contributed by atoms with E-state index in [9.17, 15) is 9.59 Å². The number of rotatable bonds is 6. The molecular weight excluding hydrogens is 272 g/mol. The van der Waals surface area contributed by atoms with Gasteiger partial charge < -0.3 is 19.7 Å². The van der Waals surface area contributed by atoms with E-state index in [1.807, 2.05) is 43.3 Å². The van der Waals surface area contributed by atoms with Gasteiger partial charge in [0, 0.05) is 12.2 Å². The third-order valence-corrected chi connectivity index (χ3v) is 2.64. The van der Waals surface area contributed by atoms with Crippen LogP contribution in [-0.2, 0) is 25.6 Å². The molecule has 0 fully saturated rings. The number of ether oxygens (including phenoxy) is 2. The van der Waals surface area contributed by atoms with Gasteiger partial charge in [0.1, 0.15) is 5.70 Å². The fourth-order valence-corrected chi connectivity index (χ4v) is 1.70. The number of nitrogens with zero attached hydrogens (tertiary/aromatic N) is 1. The average Bonchev–Trinajstić information content (AvgIpc) is 2.46. The molecule has 0 aromatic heterocycles. The highest BCUT2D eigenvalue weighted by molar-refractivity contribution is 5.98. The number of carbonyl (C=O) groups excluding carboxylic acids is 2. The Kier molecular flexibility index (Phi) is 6.42. The number of methoxy groups -OCH3 is 2. The summed E-state index contributed by atoms with van der Waals surface area (Å²) in [6.45, 7) is 0.690. The lowest BCUT2D eigenvalue weighted by molar-refractivity contribution is -0.138. The molecule has 0 amide bonds. The number of benzene rings is 1. The van der Waals surface area contributed by atoms with Crippen LogP contribution in [0.15, 0.2) is 36.0 Å². The zero-order valence-electron chi connectivity index (χ0n) is 12.7. The van der Waals surface area contributed by atoms with Crippen molar-refractivity contribution in [2.45, 2.75) is 6.54 Å². The summed E-state index contributed by atoms with van der Waals surface area (Å²) in [6, 6.07) is 7.52. The Balaban J connectivity index is 3.06. The molecule has 0 saturated carbocycles. The van der Waals surface area contributed by atoms with Gasteiger partial charge in [-0.2, -0.15) is 0 Å². The smallest absolute Gasteiger partial charge is 0.354 e. The van der Waals surface area contributed by atoms with E-state index in [0.717, 1.165) is 17.3 Å². The number of anilines is 1. The van der Waals surface area contributed by atoms with Crippen molar-refractivity contribution < 1.29 is 19.1 Å². The van der Waals surface area contributed by atoms with Gasteiger partial charge in [-0.3, -0.25) is 0 Å². The first-order chi connectivity index (χ1) is 9.97. The minimum atomic E-state index is -0.639.